The average Bonchev–Trinajstić information content (AvgIpc) is 2.31. The van der Waals surface area contributed by atoms with Crippen molar-refractivity contribution in [3.63, 3.8) is 0 Å². The van der Waals surface area contributed by atoms with E-state index in [2.05, 4.69) is 46.7 Å². The highest BCUT2D eigenvalue weighted by Crippen LogP contribution is 2.19. The second-order valence-electron chi connectivity index (χ2n) is 2.74. The van der Waals surface area contributed by atoms with Crippen molar-refractivity contribution in [2.75, 3.05) is 11.9 Å². The van der Waals surface area contributed by atoms with Crippen LogP contribution in [-0.4, -0.2) is 11.5 Å². The highest BCUT2D eigenvalue weighted by molar-refractivity contribution is 14.1. The van der Waals surface area contributed by atoms with Gasteiger partial charge in [0.15, 0.2) is 5.13 Å². The molecule has 0 spiro atoms. The summed E-state index contributed by atoms with van der Waals surface area (Å²) in [5.74, 6) is 0.677. The Morgan fingerprint density at radius 2 is 2.45 bits per heavy atom. The van der Waals surface area contributed by atoms with E-state index >= 15 is 0 Å². The van der Waals surface area contributed by atoms with Crippen LogP contribution in [0.25, 0.3) is 0 Å². The van der Waals surface area contributed by atoms with Gasteiger partial charge in [-0.05, 0) is 28.5 Å². The summed E-state index contributed by atoms with van der Waals surface area (Å²) in [6.07, 6.45) is 1.88. The fourth-order valence-corrected chi connectivity index (χ4v) is 1.94. The Kier molecular flexibility index (Phi) is 3.58. The van der Waals surface area contributed by atoms with Crippen molar-refractivity contribution in [1.82, 2.24) is 4.98 Å². The Labute approximate surface area is 84.6 Å². The van der Waals surface area contributed by atoms with Crippen LogP contribution < -0.4 is 5.32 Å². The quantitative estimate of drug-likeness (QED) is 0.862. The van der Waals surface area contributed by atoms with Crippen molar-refractivity contribution in [2.24, 2.45) is 5.92 Å². The fourth-order valence-electron chi connectivity index (χ4n) is 0.628. The van der Waals surface area contributed by atoms with Gasteiger partial charge < -0.3 is 5.32 Å². The molecule has 1 rings (SSSR count). The largest absolute Gasteiger partial charge is 0.361 e. The van der Waals surface area contributed by atoms with Gasteiger partial charge >= 0.3 is 0 Å². The summed E-state index contributed by atoms with van der Waals surface area (Å²) in [7, 11) is 0. The van der Waals surface area contributed by atoms with E-state index in [4.69, 9.17) is 0 Å². The number of rotatable bonds is 3. The minimum Gasteiger partial charge on any atom is -0.361 e. The number of anilines is 1. The zero-order valence-electron chi connectivity index (χ0n) is 6.60. The maximum atomic E-state index is 4.19. The third-order valence-corrected chi connectivity index (χ3v) is 2.82. The number of hydrogen-bond acceptors (Lipinski definition) is 3. The maximum absolute atomic E-state index is 4.19. The molecule has 0 saturated carbocycles. The lowest BCUT2D eigenvalue weighted by molar-refractivity contribution is 0.688. The fraction of sp³-hybridized carbons (Fsp3) is 0.571. The van der Waals surface area contributed by atoms with E-state index < -0.39 is 0 Å². The van der Waals surface area contributed by atoms with Crippen LogP contribution in [0.3, 0.4) is 0 Å². The van der Waals surface area contributed by atoms with E-state index in [1.54, 1.807) is 11.3 Å². The Bertz CT molecular complexity index is 222. The number of aromatic nitrogens is 1. The zero-order chi connectivity index (χ0) is 8.27. The van der Waals surface area contributed by atoms with Crippen molar-refractivity contribution < 1.29 is 0 Å². The molecule has 1 heterocycles. The first-order valence-corrected chi connectivity index (χ1v) is 5.43. The second-order valence-corrected chi connectivity index (χ2v) is 5.67. The third kappa shape index (κ3) is 3.37. The van der Waals surface area contributed by atoms with E-state index in [-0.39, 0.29) is 0 Å². The molecule has 1 aromatic heterocycles. The average molecular weight is 282 g/mol. The first-order valence-electron chi connectivity index (χ1n) is 3.53. The number of nitrogens with zero attached hydrogens (tertiary/aromatic N) is 1. The van der Waals surface area contributed by atoms with Crippen LogP contribution in [0.1, 0.15) is 13.8 Å². The van der Waals surface area contributed by atoms with Crippen LogP contribution in [0.5, 0.6) is 0 Å². The maximum Gasteiger partial charge on any atom is 0.183 e. The molecular formula is C7H11IN2S. The Hall–Kier alpha value is 0.160. The van der Waals surface area contributed by atoms with Crippen LogP contribution in [0.15, 0.2) is 6.20 Å². The Balaban J connectivity index is 2.39. The molecule has 0 radical (unpaired) electrons. The topological polar surface area (TPSA) is 24.9 Å². The van der Waals surface area contributed by atoms with E-state index in [0.29, 0.717) is 5.92 Å². The normalized spacial score (nSPS) is 10.5. The van der Waals surface area contributed by atoms with Crippen LogP contribution in [0.2, 0.25) is 0 Å². The minimum absolute atomic E-state index is 0.677. The molecule has 4 heteroatoms. The molecular weight excluding hydrogens is 271 g/mol. The summed E-state index contributed by atoms with van der Waals surface area (Å²) in [5.41, 5.74) is 0. The van der Waals surface area contributed by atoms with Crippen molar-refractivity contribution in [2.45, 2.75) is 13.8 Å². The van der Waals surface area contributed by atoms with Gasteiger partial charge in [0.1, 0.15) is 0 Å². The first kappa shape index (κ1) is 9.25. The SMILES string of the molecule is CC(C)CNc1ncc(I)s1. The van der Waals surface area contributed by atoms with Gasteiger partial charge in [-0.25, -0.2) is 4.98 Å². The summed E-state index contributed by atoms with van der Waals surface area (Å²) < 4.78 is 1.23. The molecule has 2 nitrogen and oxygen atoms in total. The highest BCUT2D eigenvalue weighted by Gasteiger charge is 1.98. The smallest absolute Gasteiger partial charge is 0.183 e. The van der Waals surface area contributed by atoms with Gasteiger partial charge in [0, 0.05) is 6.54 Å². The summed E-state index contributed by atoms with van der Waals surface area (Å²) >= 11 is 3.97. The molecule has 0 aliphatic rings. The van der Waals surface area contributed by atoms with Gasteiger partial charge in [0.2, 0.25) is 0 Å². The van der Waals surface area contributed by atoms with Gasteiger partial charge in [-0.2, -0.15) is 0 Å². The molecule has 0 fully saturated rings. The molecule has 0 aromatic carbocycles. The molecule has 1 aromatic rings. The summed E-state index contributed by atoms with van der Waals surface area (Å²) in [6, 6.07) is 0. The van der Waals surface area contributed by atoms with Gasteiger partial charge in [-0.15, -0.1) is 0 Å². The lowest BCUT2D eigenvalue weighted by atomic mass is 10.2. The molecule has 0 saturated heterocycles. The van der Waals surface area contributed by atoms with E-state index in [0.717, 1.165) is 11.7 Å². The van der Waals surface area contributed by atoms with Crippen LogP contribution in [-0.2, 0) is 0 Å². The molecule has 11 heavy (non-hydrogen) atoms. The molecule has 0 aliphatic heterocycles. The van der Waals surface area contributed by atoms with Crippen molar-refractivity contribution in [1.29, 1.82) is 0 Å². The number of halogens is 1. The number of nitrogens with one attached hydrogen (secondary N) is 1. The molecule has 0 amide bonds. The lowest BCUT2D eigenvalue weighted by Gasteiger charge is -2.03. The van der Waals surface area contributed by atoms with E-state index in [1.165, 1.54) is 2.88 Å². The molecule has 0 aliphatic carbocycles. The monoisotopic (exact) mass is 282 g/mol. The number of thiazole rings is 1. The van der Waals surface area contributed by atoms with Crippen molar-refractivity contribution >= 4 is 39.1 Å². The molecule has 0 unspecified atom stereocenters. The molecule has 1 N–H and O–H groups in total. The van der Waals surface area contributed by atoms with Crippen LogP contribution >= 0.6 is 33.9 Å². The molecule has 0 atom stereocenters. The van der Waals surface area contributed by atoms with Gasteiger partial charge in [-0.3, -0.25) is 0 Å². The predicted octanol–water partition coefficient (Wildman–Crippen LogP) is 2.82. The summed E-state index contributed by atoms with van der Waals surface area (Å²) in [4.78, 5) is 4.19. The highest BCUT2D eigenvalue weighted by atomic mass is 127. The minimum atomic E-state index is 0.677. The lowest BCUT2D eigenvalue weighted by Crippen LogP contribution is -2.07. The van der Waals surface area contributed by atoms with Gasteiger partial charge in [0.25, 0.3) is 0 Å². The van der Waals surface area contributed by atoms with Gasteiger partial charge in [0.05, 0.1) is 9.08 Å². The zero-order valence-corrected chi connectivity index (χ0v) is 9.57. The third-order valence-electron chi connectivity index (χ3n) is 1.14. The van der Waals surface area contributed by atoms with E-state index in [9.17, 15) is 0 Å². The number of hydrogen-bond donors (Lipinski definition) is 1. The van der Waals surface area contributed by atoms with Crippen molar-refractivity contribution in [3.8, 4) is 0 Å². The van der Waals surface area contributed by atoms with Crippen molar-refractivity contribution in [3.05, 3.63) is 9.08 Å². The first-order chi connectivity index (χ1) is 5.18. The standard InChI is InChI=1S/C7H11IN2S/c1-5(2)3-9-7-10-4-6(8)11-7/h4-5H,3H2,1-2H3,(H,9,10). The van der Waals surface area contributed by atoms with Crippen LogP contribution in [0.4, 0.5) is 5.13 Å². The molecule has 0 bridgehead atoms. The van der Waals surface area contributed by atoms with Gasteiger partial charge in [-0.1, -0.05) is 25.2 Å². The molecule has 62 valence electrons. The predicted molar refractivity (Wildman–Crippen MR) is 58.2 cm³/mol. The summed E-state index contributed by atoms with van der Waals surface area (Å²) in [5, 5.41) is 4.30. The second kappa shape index (κ2) is 4.25. The summed E-state index contributed by atoms with van der Waals surface area (Å²) in [6.45, 7) is 5.38. The Morgan fingerprint density at radius 3 is 2.91 bits per heavy atom. The van der Waals surface area contributed by atoms with Crippen LogP contribution in [0, 0.1) is 8.80 Å². The Morgan fingerprint density at radius 1 is 1.73 bits per heavy atom. The van der Waals surface area contributed by atoms with E-state index in [1.807, 2.05) is 6.20 Å².